The molecule has 1 nitrogen and oxygen atoms in total. The van der Waals surface area contributed by atoms with Crippen LogP contribution in [0.15, 0.2) is 0 Å². The molecule has 48 valence electrons. The van der Waals surface area contributed by atoms with Crippen LogP contribution in [0.2, 0.25) is 0 Å². The highest BCUT2D eigenvalue weighted by atomic mass is 14.5. The van der Waals surface area contributed by atoms with Gasteiger partial charge in [0.15, 0.2) is 0 Å². The number of hydrogen-bond acceptors (Lipinski definition) is 1. The van der Waals surface area contributed by atoms with Crippen LogP contribution in [-0.2, 0) is 0 Å². The molecule has 0 saturated carbocycles. The van der Waals surface area contributed by atoms with E-state index < -0.39 is 0 Å². The Morgan fingerprint density at radius 2 is 1.75 bits per heavy atom. The molecule has 0 unspecified atom stereocenters. The predicted molar refractivity (Wildman–Crippen MR) is 37.5 cm³/mol. The van der Waals surface area contributed by atoms with Crippen molar-refractivity contribution in [2.45, 2.75) is 34.1 Å². The Kier molecular flexibility index (Phi) is 2.20. The van der Waals surface area contributed by atoms with Gasteiger partial charge in [0.2, 0.25) is 0 Å². The van der Waals surface area contributed by atoms with Crippen LogP contribution >= 0.6 is 0 Å². The Labute approximate surface area is 51.6 Å². The maximum Gasteiger partial charge on any atom is 0.0140 e. The van der Waals surface area contributed by atoms with Crippen molar-refractivity contribution < 1.29 is 0 Å². The van der Waals surface area contributed by atoms with Crippen LogP contribution in [0.5, 0.6) is 0 Å². The smallest absolute Gasteiger partial charge is 0.0140 e. The van der Waals surface area contributed by atoms with E-state index >= 15 is 0 Å². The summed E-state index contributed by atoms with van der Waals surface area (Å²) < 4.78 is 0. The van der Waals surface area contributed by atoms with Crippen LogP contribution in [0.25, 0.3) is 0 Å². The summed E-state index contributed by atoms with van der Waals surface area (Å²) in [6.45, 7) is 8.23. The quantitative estimate of drug-likeness (QED) is 0.505. The van der Waals surface area contributed by atoms with E-state index in [1.165, 1.54) is 0 Å². The van der Waals surface area contributed by atoms with Gasteiger partial charge >= 0.3 is 0 Å². The summed E-state index contributed by atoms with van der Waals surface area (Å²) in [5.41, 5.74) is 0.923. The zero-order valence-corrected chi connectivity index (χ0v) is 6.21. The molecule has 0 radical (unpaired) electrons. The summed E-state index contributed by atoms with van der Waals surface area (Å²) in [4.78, 5) is 0. The van der Waals surface area contributed by atoms with Crippen molar-refractivity contribution in [1.82, 2.24) is 0 Å². The first-order valence-corrected chi connectivity index (χ1v) is 3.06. The highest BCUT2D eigenvalue weighted by molar-refractivity contribution is 5.85. The fraction of sp³-hybridized carbons (Fsp3) is 0.857. The van der Waals surface area contributed by atoms with Crippen LogP contribution in [0, 0.1) is 10.8 Å². The molecule has 1 heteroatoms. The van der Waals surface area contributed by atoms with Crippen LogP contribution < -0.4 is 0 Å². The van der Waals surface area contributed by atoms with Gasteiger partial charge in [-0.05, 0) is 11.8 Å². The lowest BCUT2D eigenvalue weighted by Crippen LogP contribution is -2.17. The Balaban J connectivity index is 3.82. The number of nitrogens with one attached hydrogen (secondary N) is 1. The van der Waals surface area contributed by atoms with Gasteiger partial charge in [0.05, 0.1) is 0 Å². The third-order valence-electron chi connectivity index (χ3n) is 1.26. The van der Waals surface area contributed by atoms with E-state index in [2.05, 4.69) is 20.8 Å². The Hall–Kier alpha value is -0.330. The fourth-order valence-electron chi connectivity index (χ4n) is 0.530. The standard InChI is InChI=1S/C7H15N/c1-5-6(8)7(2,3)4/h8H,5H2,1-4H3. The maximum absolute atomic E-state index is 7.39. The van der Waals surface area contributed by atoms with Crippen molar-refractivity contribution in [1.29, 1.82) is 5.41 Å². The first-order valence-electron chi connectivity index (χ1n) is 3.06. The normalized spacial score (nSPS) is 11.5. The summed E-state index contributed by atoms with van der Waals surface area (Å²) in [5.74, 6) is 0. The van der Waals surface area contributed by atoms with Crippen LogP contribution in [0.4, 0.5) is 0 Å². The van der Waals surface area contributed by atoms with Gasteiger partial charge in [0.25, 0.3) is 0 Å². The van der Waals surface area contributed by atoms with Crippen molar-refractivity contribution >= 4 is 5.71 Å². The molecule has 0 aromatic carbocycles. The lowest BCUT2D eigenvalue weighted by Gasteiger charge is -2.17. The largest absolute Gasteiger partial charge is 0.309 e. The molecule has 0 aromatic heterocycles. The van der Waals surface area contributed by atoms with Crippen molar-refractivity contribution in [3.05, 3.63) is 0 Å². The van der Waals surface area contributed by atoms with Gasteiger partial charge < -0.3 is 5.41 Å². The zero-order chi connectivity index (χ0) is 6.78. The third kappa shape index (κ3) is 2.10. The van der Waals surface area contributed by atoms with Gasteiger partial charge in [-0.2, -0.15) is 0 Å². The van der Waals surface area contributed by atoms with Gasteiger partial charge in [-0.3, -0.25) is 0 Å². The number of rotatable bonds is 1. The van der Waals surface area contributed by atoms with Gasteiger partial charge in [-0.25, -0.2) is 0 Å². The first kappa shape index (κ1) is 7.67. The minimum absolute atomic E-state index is 0.0920. The fourth-order valence-corrected chi connectivity index (χ4v) is 0.530. The molecule has 0 rings (SSSR count). The Morgan fingerprint density at radius 1 is 1.38 bits per heavy atom. The van der Waals surface area contributed by atoms with E-state index in [1.54, 1.807) is 0 Å². The van der Waals surface area contributed by atoms with Gasteiger partial charge in [0, 0.05) is 5.71 Å². The molecule has 0 aliphatic carbocycles. The van der Waals surface area contributed by atoms with Crippen molar-refractivity contribution in [2.75, 3.05) is 0 Å². The summed E-state index contributed by atoms with van der Waals surface area (Å²) in [6.07, 6.45) is 0.878. The summed E-state index contributed by atoms with van der Waals surface area (Å²) >= 11 is 0. The second-order valence-corrected chi connectivity index (χ2v) is 3.08. The molecule has 0 spiro atoms. The zero-order valence-electron chi connectivity index (χ0n) is 6.21. The average molecular weight is 113 g/mol. The maximum atomic E-state index is 7.39. The van der Waals surface area contributed by atoms with E-state index in [0.717, 1.165) is 12.1 Å². The minimum Gasteiger partial charge on any atom is -0.309 e. The first-order chi connectivity index (χ1) is 3.48. The third-order valence-corrected chi connectivity index (χ3v) is 1.26. The Bertz CT molecular complexity index is 87.1. The second kappa shape index (κ2) is 2.29. The molecule has 0 atom stereocenters. The van der Waals surface area contributed by atoms with Crippen molar-refractivity contribution in [2.24, 2.45) is 5.41 Å². The highest BCUT2D eigenvalue weighted by Crippen LogP contribution is 2.15. The summed E-state index contributed by atoms with van der Waals surface area (Å²) in [7, 11) is 0. The van der Waals surface area contributed by atoms with E-state index in [4.69, 9.17) is 5.41 Å². The van der Waals surface area contributed by atoms with Crippen LogP contribution in [0.3, 0.4) is 0 Å². The average Bonchev–Trinajstić information content (AvgIpc) is 1.62. The predicted octanol–water partition coefficient (Wildman–Crippen LogP) is 2.46. The van der Waals surface area contributed by atoms with Crippen molar-refractivity contribution in [3.8, 4) is 0 Å². The lowest BCUT2D eigenvalue weighted by molar-refractivity contribution is 0.576. The monoisotopic (exact) mass is 113 g/mol. The van der Waals surface area contributed by atoms with Gasteiger partial charge in [0.1, 0.15) is 0 Å². The molecule has 0 aliphatic rings. The number of hydrogen-bond donors (Lipinski definition) is 1. The Morgan fingerprint density at radius 3 is 1.75 bits per heavy atom. The molecule has 0 fully saturated rings. The molecule has 0 aromatic rings. The topological polar surface area (TPSA) is 23.9 Å². The van der Waals surface area contributed by atoms with Crippen LogP contribution in [-0.4, -0.2) is 5.71 Å². The van der Waals surface area contributed by atoms with E-state index in [0.29, 0.717) is 0 Å². The molecule has 1 N–H and O–H groups in total. The molecule has 0 amide bonds. The van der Waals surface area contributed by atoms with Crippen LogP contribution in [0.1, 0.15) is 34.1 Å². The summed E-state index contributed by atoms with van der Waals surface area (Å²) in [6, 6.07) is 0. The molecule has 0 bridgehead atoms. The van der Waals surface area contributed by atoms with E-state index in [1.807, 2.05) is 6.92 Å². The van der Waals surface area contributed by atoms with E-state index in [-0.39, 0.29) is 5.41 Å². The second-order valence-electron chi connectivity index (χ2n) is 3.08. The molecular weight excluding hydrogens is 98.1 g/mol. The highest BCUT2D eigenvalue weighted by Gasteiger charge is 2.13. The van der Waals surface area contributed by atoms with Gasteiger partial charge in [-0.15, -0.1) is 0 Å². The molecule has 8 heavy (non-hydrogen) atoms. The molecule has 0 saturated heterocycles. The SMILES string of the molecule is CCC(=N)C(C)(C)C. The molecule has 0 heterocycles. The van der Waals surface area contributed by atoms with E-state index in [9.17, 15) is 0 Å². The molecule has 0 aliphatic heterocycles. The minimum atomic E-state index is 0.0920. The molecular formula is C7H15N. The van der Waals surface area contributed by atoms with Gasteiger partial charge in [-0.1, -0.05) is 27.7 Å². The van der Waals surface area contributed by atoms with Crippen molar-refractivity contribution in [3.63, 3.8) is 0 Å². The lowest BCUT2D eigenvalue weighted by atomic mass is 9.89. The summed E-state index contributed by atoms with van der Waals surface area (Å²) in [5, 5.41) is 7.39.